The molecule has 0 radical (unpaired) electrons. The molecule has 3 aromatic rings. The fraction of sp³-hybridized carbons (Fsp3) is 0.558. The number of amides is 1. The minimum atomic E-state index is -3.88. The summed E-state index contributed by atoms with van der Waals surface area (Å²) in [6.07, 6.45) is 1.90. The third-order valence-corrected chi connectivity index (χ3v) is 12.0. The van der Waals surface area contributed by atoms with Gasteiger partial charge in [-0.2, -0.15) is 0 Å². The number of sulfonamides is 1. The molecule has 58 heavy (non-hydrogen) atoms. The molecule has 2 N–H and O–H groups in total. The van der Waals surface area contributed by atoms with Gasteiger partial charge in [0.25, 0.3) is 0 Å². The van der Waals surface area contributed by atoms with Crippen LogP contribution in [-0.4, -0.2) is 155 Å². The number of carbonyl (C=O) groups is 1. The van der Waals surface area contributed by atoms with Crippen LogP contribution in [0, 0.1) is 0 Å². The second-order valence-corrected chi connectivity index (χ2v) is 16.1. The molecule has 1 aliphatic heterocycles. The number of ether oxygens (including phenoxy) is 7. The van der Waals surface area contributed by atoms with Crippen LogP contribution in [0.5, 0.6) is 0 Å². The van der Waals surface area contributed by atoms with Crippen LogP contribution in [0.2, 0.25) is 0 Å². The second kappa shape index (κ2) is 24.6. The van der Waals surface area contributed by atoms with Gasteiger partial charge in [-0.05, 0) is 65.8 Å². The molecule has 1 fully saturated rings. The number of likely N-dealkylation sites (tertiary alicyclic amines) is 1. The van der Waals surface area contributed by atoms with Crippen molar-refractivity contribution in [2.24, 2.45) is 0 Å². The Labute approximate surface area is 343 Å². The highest BCUT2D eigenvalue weighted by molar-refractivity contribution is 7.89. The van der Waals surface area contributed by atoms with Crippen LogP contribution in [0.3, 0.4) is 0 Å². The summed E-state index contributed by atoms with van der Waals surface area (Å²) in [5, 5.41) is 10.1. The normalized spacial score (nSPS) is 16.1. The van der Waals surface area contributed by atoms with Crippen molar-refractivity contribution in [3.8, 4) is 11.1 Å². The van der Waals surface area contributed by atoms with Crippen LogP contribution < -0.4 is 4.72 Å². The van der Waals surface area contributed by atoms with Crippen LogP contribution in [0.15, 0.2) is 77.7 Å². The number of fused-ring (bicyclic) bond motifs is 3. The maximum atomic E-state index is 13.3. The number of likely N-dealkylation sites (N-methyl/N-ethyl adjacent to an activating group) is 1. The van der Waals surface area contributed by atoms with Crippen LogP contribution in [0.4, 0.5) is 4.79 Å². The maximum Gasteiger partial charge on any atom is 0.407 e. The number of hydrogen-bond donors (Lipinski definition) is 2. The van der Waals surface area contributed by atoms with E-state index in [0.717, 1.165) is 25.8 Å². The molecule has 3 aromatic carbocycles. The van der Waals surface area contributed by atoms with E-state index in [0.29, 0.717) is 91.4 Å². The van der Waals surface area contributed by atoms with Crippen molar-refractivity contribution in [3.05, 3.63) is 89.5 Å². The van der Waals surface area contributed by atoms with Crippen LogP contribution in [0.1, 0.15) is 47.9 Å². The highest BCUT2D eigenvalue weighted by atomic mass is 32.2. The van der Waals surface area contributed by atoms with Crippen molar-refractivity contribution in [2.45, 2.75) is 42.2 Å². The molecule has 5 rings (SSSR count). The van der Waals surface area contributed by atoms with Crippen molar-refractivity contribution in [1.82, 2.24) is 14.5 Å². The number of nitrogens with zero attached hydrogens (tertiary/aromatic N) is 2. The van der Waals surface area contributed by atoms with Gasteiger partial charge in [-0.25, -0.2) is 17.9 Å². The Morgan fingerprint density at radius 1 is 0.759 bits per heavy atom. The lowest BCUT2D eigenvalue weighted by Gasteiger charge is -2.34. The summed E-state index contributed by atoms with van der Waals surface area (Å²) >= 11 is 0. The molecule has 0 bridgehead atoms. The van der Waals surface area contributed by atoms with Gasteiger partial charge in [0.2, 0.25) is 10.0 Å². The summed E-state index contributed by atoms with van der Waals surface area (Å²) in [5.41, 5.74) is 5.88. The highest BCUT2D eigenvalue weighted by Gasteiger charge is 2.36. The van der Waals surface area contributed by atoms with Gasteiger partial charge in [0.1, 0.15) is 0 Å². The van der Waals surface area contributed by atoms with E-state index in [1.165, 1.54) is 33.2 Å². The third-order valence-electron chi connectivity index (χ3n) is 10.5. The summed E-state index contributed by atoms with van der Waals surface area (Å²) < 4.78 is 67.0. The molecule has 1 aliphatic carbocycles. The van der Waals surface area contributed by atoms with Gasteiger partial charge in [0.15, 0.2) is 0 Å². The zero-order valence-corrected chi connectivity index (χ0v) is 34.7. The predicted molar refractivity (Wildman–Crippen MR) is 220 cm³/mol. The summed E-state index contributed by atoms with van der Waals surface area (Å²) in [4.78, 5) is 16.1. The van der Waals surface area contributed by atoms with E-state index >= 15 is 0 Å². The molecule has 1 amide bonds. The molecule has 15 heteroatoms. The molecule has 2 unspecified atom stereocenters. The minimum absolute atomic E-state index is 0.0736. The van der Waals surface area contributed by atoms with E-state index in [9.17, 15) is 18.3 Å². The quantitative estimate of drug-likeness (QED) is 0.0903. The fourth-order valence-corrected chi connectivity index (χ4v) is 8.63. The molecule has 0 saturated carbocycles. The molecular weight excluding hydrogens is 767 g/mol. The molecule has 2 aliphatic rings. The van der Waals surface area contributed by atoms with Crippen molar-refractivity contribution in [2.75, 3.05) is 120 Å². The van der Waals surface area contributed by atoms with Crippen LogP contribution in [0.25, 0.3) is 11.1 Å². The second-order valence-electron chi connectivity index (χ2n) is 14.3. The van der Waals surface area contributed by atoms with Crippen LogP contribution >= 0.6 is 0 Å². The molecule has 0 spiro atoms. The fourth-order valence-electron chi connectivity index (χ4n) is 7.56. The van der Waals surface area contributed by atoms with Crippen molar-refractivity contribution < 1.29 is 51.5 Å². The number of methoxy groups -OCH3 is 1. The number of rotatable bonds is 29. The standard InChI is InChI=1S/C43H61N3O11S/c1-45(43(47)48)42(33-46-17-8-10-35(46)32-41-39-14-5-3-12-37(39)38-13-4-6-15-40(38)41)34-9-7-11-36(31-34)58(49,50)44-16-18-52-21-22-54-25-26-56-29-30-57-28-27-55-24-23-53-20-19-51-2/h3-7,9,11-15,31,35,41-42,44H,8,10,16-30,32-33H2,1-2H3,(H,47,48). The SMILES string of the molecule is COCCOCCOCCOCCOCCOCCOCCNS(=O)(=O)c1cccc(C(CN2CCCC2CC2c3ccccc3-c3ccccc32)N(C)C(=O)O)c1. The monoisotopic (exact) mass is 827 g/mol. The lowest BCUT2D eigenvalue weighted by atomic mass is 9.89. The topological polar surface area (TPSA) is 155 Å². The van der Waals surface area contributed by atoms with E-state index in [1.54, 1.807) is 26.3 Å². The molecule has 1 heterocycles. The average Bonchev–Trinajstić information content (AvgIpc) is 3.81. The maximum absolute atomic E-state index is 13.3. The van der Waals surface area contributed by atoms with Gasteiger partial charge in [-0.15, -0.1) is 0 Å². The lowest BCUT2D eigenvalue weighted by molar-refractivity contribution is -0.0188. The molecule has 2 atom stereocenters. The Morgan fingerprint density at radius 2 is 1.28 bits per heavy atom. The first-order chi connectivity index (χ1) is 28.3. The first-order valence-electron chi connectivity index (χ1n) is 20.2. The van der Waals surface area contributed by atoms with Gasteiger partial charge in [-0.1, -0.05) is 60.7 Å². The Hall–Kier alpha value is -3.48. The number of hydrogen-bond acceptors (Lipinski definition) is 11. The van der Waals surface area contributed by atoms with Crippen molar-refractivity contribution >= 4 is 16.1 Å². The molecule has 14 nitrogen and oxygen atoms in total. The average molecular weight is 828 g/mol. The Morgan fingerprint density at radius 3 is 1.81 bits per heavy atom. The van der Waals surface area contributed by atoms with E-state index < -0.39 is 22.2 Å². The molecule has 1 saturated heterocycles. The Kier molecular flexibility index (Phi) is 19.3. The Balaban J connectivity index is 1.00. The lowest BCUT2D eigenvalue weighted by Crippen LogP contribution is -2.41. The first kappa shape index (κ1) is 45.6. The smallest absolute Gasteiger partial charge is 0.407 e. The van der Waals surface area contributed by atoms with Gasteiger partial charge in [-0.3, -0.25) is 4.90 Å². The van der Waals surface area contributed by atoms with Gasteiger partial charge >= 0.3 is 6.09 Å². The number of nitrogens with one attached hydrogen (secondary N) is 1. The largest absolute Gasteiger partial charge is 0.465 e. The van der Waals surface area contributed by atoms with Crippen molar-refractivity contribution in [1.29, 1.82) is 0 Å². The summed E-state index contributed by atoms with van der Waals surface area (Å²) in [6, 6.07) is 23.5. The minimum Gasteiger partial charge on any atom is -0.465 e. The summed E-state index contributed by atoms with van der Waals surface area (Å²) in [6.45, 7) is 7.06. The van der Waals surface area contributed by atoms with E-state index in [-0.39, 0.29) is 30.0 Å². The number of carboxylic acid groups (broad SMARTS) is 1. The van der Waals surface area contributed by atoms with E-state index in [2.05, 4.69) is 58.2 Å². The predicted octanol–water partition coefficient (Wildman–Crippen LogP) is 5.03. The van der Waals surface area contributed by atoms with Gasteiger partial charge in [0, 0.05) is 39.2 Å². The summed E-state index contributed by atoms with van der Waals surface area (Å²) in [7, 11) is -0.698. The molecule has 0 aromatic heterocycles. The first-order valence-corrected chi connectivity index (χ1v) is 21.7. The zero-order valence-electron chi connectivity index (χ0n) is 33.9. The van der Waals surface area contributed by atoms with Crippen molar-refractivity contribution in [3.63, 3.8) is 0 Å². The number of benzene rings is 3. The zero-order chi connectivity index (χ0) is 41.0. The summed E-state index contributed by atoms with van der Waals surface area (Å²) in [5.74, 6) is 0.265. The van der Waals surface area contributed by atoms with Crippen LogP contribution in [-0.2, 0) is 43.2 Å². The van der Waals surface area contributed by atoms with Gasteiger partial charge in [0.05, 0.1) is 96.8 Å². The van der Waals surface area contributed by atoms with E-state index in [4.69, 9.17) is 33.2 Å². The Bertz CT molecular complexity index is 1740. The van der Waals surface area contributed by atoms with E-state index in [1.807, 2.05) is 6.07 Å². The molecular formula is C43H61N3O11S. The van der Waals surface area contributed by atoms with Gasteiger partial charge < -0.3 is 43.2 Å². The highest BCUT2D eigenvalue weighted by Crippen LogP contribution is 2.47. The third kappa shape index (κ3) is 13.8. The molecule has 320 valence electrons.